The number of hydrogen-bond acceptors (Lipinski definition) is 15. The third-order valence-corrected chi connectivity index (χ3v) is 17.3. The Kier molecular flexibility index (Phi) is 24.4. The number of ketones is 2. The summed E-state index contributed by atoms with van der Waals surface area (Å²) in [5.74, 6) is -3.80. The fourth-order valence-corrected chi connectivity index (χ4v) is 11.5. The molecule has 2 aromatic carbocycles. The molecule has 3 aromatic rings. The van der Waals surface area contributed by atoms with Gasteiger partial charge in [-0.2, -0.15) is 0 Å². The second-order valence-corrected chi connectivity index (χ2v) is 24.2. The third-order valence-electron chi connectivity index (χ3n) is 16.1. The number of methoxy groups -OCH3 is 1. The number of halogens is 2. The number of rotatable bonds is 24. The summed E-state index contributed by atoms with van der Waals surface area (Å²) < 4.78 is 29.3. The van der Waals surface area contributed by atoms with Gasteiger partial charge < -0.3 is 50.1 Å². The highest BCUT2D eigenvalue weighted by Crippen LogP contribution is 2.50. The molecule has 9 atom stereocenters. The zero-order chi connectivity index (χ0) is 62.3. The van der Waals surface area contributed by atoms with Gasteiger partial charge in [0.2, 0.25) is 11.8 Å². The molecule has 6 N–H and O–H groups in total. The average molecular weight is 1260 g/mol. The standard InChI is InChI=1S/C63H82BrClN6O14/c1-36(2)46(31-45(72)17-12-10-11-13-25-82-59(77)39(5)35-64)58(76)70-48(18-15-24-67-60(66)78)50(73)30-44-21-20-42-29-43(22-23-47(42)68-44)69-61(79)84-53-32-54(74)71(8)49-28-41(27-38(4)56(49)65)26-37(3)16-14-19-52(81-9)63(80)33-51(83-55(75)34-63)40(6)57-62(53,7)85-57/h14,16,19-23,27-29,36,40,46,48,51-53,57,80H,5,10-13,15,17-18,24-26,30-35H2,1-4,6-9H3,(H,69,79)(H,70,76)(H3,66,67,78)/b19-14+,37-16+/t40-,46+,48+,51+,52-,53+,57+,62+,63-/m1/s1. The molecule has 5 amide bonds. The summed E-state index contributed by atoms with van der Waals surface area (Å²) in [6.07, 6.45) is 4.20. The quantitative estimate of drug-likeness (QED) is 0.0140. The first kappa shape index (κ1) is 67.6. The monoisotopic (exact) mass is 1260 g/mol. The Bertz CT molecular complexity index is 3040. The number of allylic oxidation sites excluding steroid dienone is 3. The summed E-state index contributed by atoms with van der Waals surface area (Å²) in [7, 11) is 3.07. The van der Waals surface area contributed by atoms with Crippen molar-refractivity contribution in [3.8, 4) is 0 Å². The number of ether oxygens (including phenoxy) is 5. The van der Waals surface area contributed by atoms with E-state index < -0.39 is 89.4 Å². The Balaban J connectivity index is 1.14. The summed E-state index contributed by atoms with van der Waals surface area (Å²) >= 11 is 10.0. The number of Topliss-reactive ketones (excluding diaryl/α,β-unsaturated/α-hetero) is 2. The molecule has 3 aliphatic rings. The first-order valence-electron chi connectivity index (χ1n) is 28.9. The number of amides is 5. The van der Waals surface area contributed by atoms with Gasteiger partial charge in [-0.15, -0.1) is 0 Å². The Morgan fingerprint density at radius 2 is 1.78 bits per heavy atom. The molecule has 0 spiro atoms. The summed E-state index contributed by atoms with van der Waals surface area (Å²) in [6, 6.07) is 10.4. The molecule has 0 saturated carbocycles. The van der Waals surface area contributed by atoms with E-state index in [4.69, 9.17) is 46.0 Å². The van der Waals surface area contributed by atoms with Crippen LogP contribution >= 0.6 is 27.5 Å². The minimum Gasteiger partial charge on any atom is -0.462 e. The summed E-state index contributed by atoms with van der Waals surface area (Å²) in [4.78, 5) is 112. The van der Waals surface area contributed by atoms with Crippen LogP contribution in [0.5, 0.6) is 0 Å². The predicted octanol–water partition coefficient (Wildman–Crippen LogP) is 9.19. The number of urea groups is 1. The van der Waals surface area contributed by atoms with Crippen LogP contribution in [-0.2, 0) is 65.3 Å². The van der Waals surface area contributed by atoms with Crippen LogP contribution < -0.4 is 26.6 Å². The largest absolute Gasteiger partial charge is 0.462 e. The topological polar surface area (TPSA) is 284 Å². The van der Waals surface area contributed by atoms with Gasteiger partial charge in [-0.05, 0) is 100 Å². The predicted molar refractivity (Wildman–Crippen MR) is 326 cm³/mol. The number of aliphatic hydroxyl groups is 1. The van der Waals surface area contributed by atoms with Gasteiger partial charge in [-0.3, -0.25) is 34.3 Å². The molecule has 6 rings (SSSR count). The maximum absolute atomic E-state index is 14.4. The molecule has 2 saturated heterocycles. The van der Waals surface area contributed by atoms with E-state index in [1.807, 2.05) is 52.8 Å². The minimum absolute atomic E-state index is 0.00312. The number of aryl methyl sites for hydroxylation is 1. The Morgan fingerprint density at radius 3 is 2.48 bits per heavy atom. The summed E-state index contributed by atoms with van der Waals surface area (Å²) in [5.41, 5.74) is 7.03. The van der Waals surface area contributed by atoms with Crippen LogP contribution in [0.2, 0.25) is 5.02 Å². The fraction of sp³-hybridized carbons (Fsp3) is 0.540. The highest BCUT2D eigenvalue weighted by Gasteiger charge is 2.64. The van der Waals surface area contributed by atoms with Gasteiger partial charge >= 0.3 is 24.1 Å². The number of esters is 2. The molecule has 22 heteroatoms. The van der Waals surface area contributed by atoms with Crippen molar-refractivity contribution in [2.75, 3.05) is 42.9 Å². The van der Waals surface area contributed by atoms with E-state index in [9.17, 15) is 43.5 Å². The Hall–Kier alpha value is -6.52. The van der Waals surface area contributed by atoms with Crippen molar-refractivity contribution < 1.29 is 67.1 Å². The smallest absolute Gasteiger partial charge is 0.412 e. The lowest BCUT2D eigenvalue weighted by atomic mass is 9.78. The number of epoxide rings is 1. The number of nitrogens with two attached hydrogens (primary N) is 1. The Morgan fingerprint density at radius 1 is 1.04 bits per heavy atom. The molecule has 1 aromatic heterocycles. The zero-order valence-corrected chi connectivity index (χ0v) is 52.2. The maximum atomic E-state index is 14.4. The van der Waals surface area contributed by atoms with E-state index in [2.05, 4.69) is 38.5 Å². The molecule has 462 valence electrons. The van der Waals surface area contributed by atoms with Crippen molar-refractivity contribution in [2.24, 2.45) is 23.5 Å². The van der Waals surface area contributed by atoms with Gasteiger partial charge in [0.05, 0.1) is 54.2 Å². The number of primary amides is 1. The zero-order valence-electron chi connectivity index (χ0n) is 49.9. The molecule has 0 aliphatic carbocycles. The second-order valence-electron chi connectivity index (χ2n) is 23.2. The number of alkyl halides is 1. The number of pyridine rings is 1. The number of hydrogen-bond donors (Lipinski definition) is 5. The normalized spacial score (nSPS) is 24.2. The van der Waals surface area contributed by atoms with Gasteiger partial charge in [-0.25, -0.2) is 14.4 Å². The highest BCUT2D eigenvalue weighted by molar-refractivity contribution is 9.09. The fourth-order valence-electron chi connectivity index (χ4n) is 11.0. The van der Waals surface area contributed by atoms with Crippen molar-refractivity contribution in [3.05, 3.63) is 100 Å². The van der Waals surface area contributed by atoms with E-state index >= 15 is 0 Å². The number of benzene rings is 2. The molecule has 4 bridgehead atoms. The lowest BCUT2D eigenvalue weighted by Crippen LogP contribution is -2.53. The van der Waals surface area contributed by atoms with Crippen LogP contribution in [0.25, 0.3) is 10.9 Å². The van der Waals surface area contributed by atoms with Crippen molar-refractivity contribution in [1.82, 2.24) is 15.6 Å². The lowest BCUT2D eigenvalue weighted by molar-refractivity contribution is -0.187. The maximum Gasteiger partial charge on any atom is 0.412 e. The van der Waals surface area contributed by atoms with E-state index in [0.717, 1.165) is 29.5 Å². The first-order valence-corrected chi connectivity index (χ1v) is 30.4. The molecular weight excluding hydrogens is 1180 g/mol. The van der Waals surface area contributed by atoms with Gasteiger partial charge in [0, 0.05) is 79.5 Å². The van der Waals surface area contributed by atoms with Crippen LogP contribution in [0.1, 0.15) is 122 Å². The molecule has 2 fully saturated rings. The number of carbonyl (C=O) groups excluding carboxylic acids is 8. The molecular formula is C63H82BrClN6O14. The summed E-state index contributed by atoms with van der Waals surface area (Å²) in [6.45, 7) is 15.1. The molecule has 0 unspecified atom stereocenters. The third kappa shape index (κ3) is 18.7. The number of nitrogens with one attached hydrogen (secondary N) is 3. The molecule has 4 heterocycles. The molecule has 85 heavy (non-hydrogen) atoms. The van der Waals surface area contributed by atoms with Gasteiger partial charge in [0.25, 0.3) is 0 Å². The molecule has 20 nitrogen and oxygen atoms in total. The van der Waals surface area contributed by atoms with E-state index in [-0.39, 0.29) is 75.6 Å². The van der Waals surface area contributed by atoms with Crippen LogP contribution in [-0.4, -0.2) is 132 Å². The number of carbonyl (C=O) groups is 8. The molecule has 0 radical (unpaired) electrons. The number of nitrogens with zero attached hydrogens (tertiary/aromatic N) is 2. The number of unbranched alkanes of at least 4 members (excludes halogenated alkanes) is 3. The van der Waals surface area contributed by atoms with Crippen LogP contribution in [0.4, 0.5) is 21.0 Å². The first-order chi connectivity index (χ1) is 40.2. The number of aromatic nitrogens is 1. The van der Waals surface area contributed by atoms with Crippen LogP contribution in [0, 0.1) is 24.7 Å². The SMILES string of the molecule is C=C(CBr)C(=O)OCCCCCCC(=O)C[C@H](C(=O)N[C@@H](CCCNC(N)=O)C(=O)Cc1ccc2cc(NC(=O)O[C@H]3CC(=O)N(C)c4cc(cc(C)c4Cl)C/C(C)=C/C=C/[C@@H](OC)[C@]4(O)CC(=O)O[C@@H](C4)[C@@H](C)[C@@H]4O[C@@]34C)ccc2n1)C(C)C. The number of anilines is 2. The second kappa shape index (κ2) is 30.7. The van der Waals surface area contributed by atoms with Gasteiger partial charge in [-0.1, -0.05) is 104 Å². The highest BCUT2D eigenvalue weighted by atomic mass is 79.9. The van der Waals surface area contributed by atoms with Crippen LogP contribution in [0.3, 0.4) is 0 Å². The van der Waals surface area contributed by atoms with Gasteiger partial charge in [0.15, 0.2) is 5.78 Å². The van der Waals surface area contributed by atoms with Crippen molar-refractivity contribution in [3.63, 3.8) is 0 Å². The van der Waals surface area contributed by atoms with E-state index in [1.54, 1.807) is 56.5 Å². The minimum atomic E-state index is -1.62. The van der Waals surface area contributed by atoms with E-state index in [1.165, 1.54) is 12.0 Å². The van der Waals surface area contributed by atoms with Crippen LogP contribution in [0.15, 0.2) is 78.4 Å². The van der Waals surface area contributed by atoms with Crippen molar-refractivity contribution >= 4 is 97.3 Å². The number of fused-ring (bicyclic) bond motifs is 6. The Labute approximate surface area is 510 Å². The van der Waals surface area contributed by atoms with Crippen molar-refractivity contribution in [2.45, 2.75) is 167 Å². The van der Waals surface area contributed by atoms with E-state index in [0.29, 0.717) is 69.6 Å². The van der Waals surface area contributed by atoms with Crippen molar-refractivity contribution in [1.29, 1.82) is 0 Å². The average Bonchev–Trinajstić information content (AvgIpc) is 1.72. The van der Waals surface area contributed by atoms with Gasteiger partial charge in [0.1, 0.15) is 35.3 Å². The lowest BCUT2D eigenvalue weighted by Gasteiger charge is -2.41. The summed E-state index contributed by atoms with van der Waals surface area (Å²) in [5, 5.41) is 21.5. The molecule has 3 aliphatic heterocycles.